The first-order valence-electron chi connectivity index (χ1n) is 7.01. The lowest BCUT2D eigenvalue weighted by Gasteiger charge is -2.22. The number of benzene rings is 1. The second-order valence-electron chi connectivity index (χ2n) is 4.84. The molecule has 0 unspecified atom stereocenters. The summed E-state index contributed by atoms with van der Waals surface area (Å²) in [7, 11) is 0. The minimum Gasteiger partial charge on any atom is -0.486 e. The van der Waals surface area contributed by atoms with E-state index >= 15 is 0 Å². The summed E-state index contributed by atoms with van der Waals surface area (Å²) >= 11 is 3.59. The van der Waals surface area contributed by atoms with Crippen LogP contribution in [0.15, 0.2) is 41.1 Å². The smallest absolute Gasteiger partial charge is 0.166 e. The first-order chi connectivity index (χ1) is 10.3. The lowest BCUT2D eigenvalue weighted by Crippen LogP contribution is -2.21. The van der Waals surface area contributed by atoms with Crippen molar-refractivity contribution in [1.29, 1.82) is 0 Å². The molecule has 2 aromatic rings. The minimum absolute atomic E-state index is 0.603. The third kappa shape index (κ3) is 3.54. The lowest BCUT2D eigenvalue weighted by atomic mass is 10.1. The summed E-state index contributed by atoms with van der Waals surface area (Å²) in [5.74, 6) is 1.68. The van der Waals surface area contributed by atoms with E-state index in [1.807, 2.05) is 24.4 Å². The Hall–Kier alpha value is -1.59. The first kappa shape index (κ1) is 14.4. The fourth-order valence-electron chi connectivity index (χ4n) is 2.31. The fourth-order valence-corrected chi connectivity index (χ4v) is 2.76. The average molecular weight is 349 g/mol. The fraction of sp³-hybridized carbons (Fsp3) is 0.312. The van der Waals surface area contributed by atoms with Crippen molar-refractivity contribution in [2.24, 2.45) is 0 Å². The Bertz CT molecular complexity index is 605. The summed E-state index contributed by atoms with van der Waals surface area (Å²) in [5, 5.41) is 3.45. The number of halogens is 1. The largest absolute Gasteiger partial charge is 0.486 e. The van der Waals surface area contributed by atoms with Crippen molar-refractivity contribution < 1.29 is 9.47 Å². The molecule has 21 heavy (non-hydrogen) atoms. The number of fused-ring (bicyclic) bond motifs is 1. The highest BCUT2D eigenvalue weighted by atomic mass is 79.9. The third-order valence-corrected chi connectivity index (χ3v) is 4.11. The molecule has 2 heterocycles. The number of pyridine rings is 1. The maximum absolute atomic E-state index is 5.75. The number of hydrogen-bond donors (Lipinski definition) is 1. The Labute approximate surface area is 132 Å². The quantitative estimate of drug-likeness (QED) is 0.843. The highest BCUT2D eigenvalue weighted by Gasteiger charge is 2.17. The van der Waals surface area contributed by atoms with Gasteiger partial charge in [-0.3, -0.25) is 4.98 Å². The highest BCUT2D eigenvalue weighted by Crippen LogP contribution is 2.37. The molecule has 1 aromatic carbocycles. The van der Waals surface area contributed by atoms with Crippen molar-refractivity contribution in [3.63, 3.8) is 0 Å². The van der Waals surface area contributed by atoms with Gasteiger partial charge in [0.1, 0.15) is 13.2 Å². The van der Waals surface area contributed by atoms with Crippen molar-refractivity contribution in [2.45, 2.75) is 13.0 Å². The SMILES string of the molecule is Brc1ccc2c(c1CNCCc1cccnc1)OCCO2. The molecule has 3 rings (SSSR count). The Morgan fingerprint density at radius 1 is 1.19 bits per heavy atom. The van der Waals surface area contributed by atoms with Crippen LogP contribution in [0.3, 0.4) is 0 Å². The van der Waals surface area contributed by atoms with Crippen molar-refractivity contribution in [1.82, 2.24) is 10.3 Å². The maximum atomic E-state index is 5.75. The summed E-state index contributed by atoms with van der Waals surface area (Å²) in [4.78, 5) is 4.12. The van der Waals surface area contributed by atoms with Crippen LogP contribution in [0, 0.1) is 0 Å². The number of hydrogen-bond acceptors (Lipinski definition) is 4. The monoisotopic (exact) mass is 348 g/mol. The molecular weight excluding hydrogens is 332 g/mol. The van der Waals surface area contributed by atoms with E-state index in [0.717, 1.165) is 41.0 Å². The summed E-state index contributed by atoms with van der Waals surface area (Å²) in [6.45, 7) is 2.85. The van der Waals surface area contributed by atoms with E-state index in [1.54, 1.807) is 6.20 Å². The summed E-state index contributed by atoms with van der Waals surface area (Å²) in [6, 6.07) is 8.00. The first-order valence-corrected chi connectivity index (χ1v) is 7.80. The number of nitrogens with zero attached hydrogens (tertiary/aromatic N) is 1. The van der Waals surface area contributed by atoms with Gasteiger partial charge in [-0.1, -0.05) is 22.0 Å². The van der Waals surface area contributed by atoms with Gasteiger partial charge in [0, 0.05) is 29.0 Å². The van der Waals surface area contributed by atoms with E-state index in [4.69, 9.17) is 9.47 Å². The second-order valence-corrected chi connectivity index (χ2v) is 5.69. The maximum Gasteiger partial charge on any atom is 0.166 e. The van der Waals surface area contributed by atoms with Gasteiger partial charge in [0.2, 0.25) is 0 Å². The van der Waals surface area contributed by atoms with Gasteiger partial charge >= 0.3 is 0 Å². The number of nitrogens with one attached hydrogen (secondary N) is 1. The molecule has 0 spiro atoms. The van der Waals surface area contributed by atoms with Crippen LogP contribution in [-0.2, 0) is 13.0 Å². The molecule has 0 bridgehead atoms. The van der Waals surface area contributed by atoms with Gasteiger partial charge in [-0.2, -0.15) is 0 Å². The minimum atomic E-state index is 0.603. The van der Waals surface area contributed by atoms with Crippen LogP contribution < -0.4 is 14.8 Å². The zero-order valence-electron chi connectivity index (χ0n) is 11.6. The van der Waals surface area contributed by atoms with Crippen molar-refractivity contribution in [3.8, 4) is 11.5 Å². The predicted molar refractivity (Wildman–Crippen MR) is 84.8 cm³/mol. The highest BCUT2D eigenvalue weighted by molar-refractivity contribution is 9.10. The van der Waals surface area contributed by atoms with E-state index in [1.165, 1.54) is 5.56 Å². The summed E-state index contributed by atoms with van der Waals surface area (Å²) in [5.41, 5.74) is 2.34. The molecule has 0 atom stereocenters. The van der Waals surface area contributed by atoms with Gasteiger partial charge in [-0.05, 0) is 36.7 Å². The van der Waals surface area contributed by atoms with E-state index in [0.29, 0.717) is 13.2 Å². The molecule has 0 aliphatic carbocycles. The third-order valence-electron chi connectivity index (χ3n) is 3.37. The molecule has 1 aliphatic rings. The van der Waals surface area contributed by atoms with Crippen LogP contribution in [0.5, 0.6) is 11.5 Å². The molecule has 0 saturated carbocycles. The summed E-state index contributed by atoms with van der Waals surface area (Å²) < 4.78 is 12.4. The zero-order chi connectivity index (χ0) is 14.5. The van der Waals surface area contributed by atoms with Crippen molar-refractivity contribution in [2.75, 3.05) is 19.8 Å². The normalized spacial score (nSPS) is 13.2. The molecule has 5 heteroatoms. The molecule has 0 amide bonds. The number of ether oxygens (including phenoxy) is 2. The molecule has 110 valence electrons. The summed E-state index contributed by atoms with van der Waals surface area (Å²) in [6.07, 6.45) is 4.65. The van der Waals surface area contributed by atoms with E-state index in [9.17, 15) is 0 Å². The topological polar surface area (TPSA) is 43.4 Å². The lowest BCUT2D eigenvalue weighted by molar-refractivity contribution is 0.169. The Morgan fingerprint density at radius 3 is 2.95 bits per heavy atom. The van der Waals surface area contributed by atoms with Crippen LogP contribution in [0.25, 0.3) is 0 Å². The van der Waals surface area contributed by atoms with Gasteiger partial charge in [-0.15, -0.1) is 0 Å². The molecular formula is C16H17BrN2O2. The molecule has 0 radical (unpaired) electrons. The van der Waals surface area contributed by atoms with Gasteiger partial charge < -0.3 is 14.8 Å². The van der Waals surface area contributed by atoms with Crippen LogP contribution in [-0.4, -0.2) is 24.7 Å². The molecule has 0 saturated heterocycles. The molecule has 4 nitrogen and oxygen atoms in total. The molecule has 1 aromatic heterocycles. The van der Waals surface area contributed by atoms with Gasteiger partial charge in [0.25, 0.3) is 0 Å². The van der Waals surface area contributed by atoms with Crippen LogP contribution >= 0.6 is 15.9 Å². The molecule has 1 aliphatic heterocycles. The Kier molecular flexibility index (Phi) is 4.72. The second kappa shape index (κ2) is 6.91. The van der Waals surface area contributed by atoms with Gasteiger partial charge in [-0.25, -0.2) is 0 Å². The van der Waals surface area contributed by atoms with Crippen LogP contribution in [0.4, 0.5) is 0 Å². The van der Waals surface area contributed by atoms with E-state index in [2.05, 4.69) is 32.3 Å². The van der Waals surface area contributed by atoms with E-state index in [-0.39, 0.29) is 0 Å². The van der Waals surface area contributed by atoms with Gasteiger partial charge in [0.15, 0.2) is 11.5 Å². The molecule has 0 fully saturated rings. The number of aromatic nitrogens is 1. The van der Waals surface area contributed by atoms with Crippen LogP contribution in [0.1, 0.15) is 11.1 Å². The standard InChI is InChI=1S/C16H17BrN2O2/c17-14-3-4-15-16(21-9-8-20-15)13(14)11-19-7-5-12-2-1-6-18-10-12/h1-4,6,10,19H,5,7-9,11H2. The Balaban J connectivity index is 1.60. The predicted octanol–water partition coefficient (Wildman–Crippen LogP) is 2.95. The zero-order valence-corrected chi connectivity index (χ0v) is 13.2. The van der Waals surface area contributed by atoms with Crippen molar-refractivity contribution >= 4 is 15.9 Å². The Morgan fingerprint density at radius 2 is 2.10 bits per heavy atom. The van der Waals surface area contributed by atoms with Crippen LogP contribution in [0.2, 0.25) is 0 Å². The average Bonchev–Trinajstić information content (AvgIpc) is 2.54. The number of rotatable bonds is 5. The van der Waals surface area contributed by atoms with Gasteiger partial charge in [0.05, 0.1) is 0 Å². The molecule has 1 N–H and O–H groups in total. The van der Waals surface area contributed by atoms with Crippen molar-refractivity contribution in [3.05, 3.63) is 52.3 Å². The van der Waals surface area contributed by atoms with E-state index < -0.39 is 0 Å².